The second kappa shape index (κ2) is 8.72. The van der Waals surface area contributed by atoms with Crippen molar-refractivity contribution in [3.63, 3.8) is 0 Å². The van der Waals surface area contributed by atoms with Crippen LogP contribution >= 0.6 is 11.3 Å². The number of hydrogen-bond acceptors (Lipinski definition) is 7. The molecule has 32 heavy (non-hydrogen) atoms. The lowest BCUT2D eigenvalue weighted by molar-refractivity contribution is -0.147. The van der Waals surface area contributed by atoms with Crippen molar-refractivity contribution in [1.82, 2.24) is 4.98 Å². The number of furan rings is 1. The number of fused-ring (bicyclic) bond motifs is 3. The fraction of sp³-hybridized carbons (Fsp3) is 0.120. The molecule has 6 nitrogen and oxygen atoms in total. The molecule has 0 atom stereocenters. The van der Waals surface area contributed by atoms with Gasteiger partial charge in [-0.15, -0.1) is 11.3 Å². The van der Waals surface area contributed by atoms with Crippen LogP contribution in [0.15, 0.2) is 76.5 Å². The van der Waals surface area contributed by atoms with E-state index >= 15 is 0 Å². The van der Waals surface area contributed by atoms with Gasteiger partial charge in [0.05, 0.1) is 12.8 Å². The van der Waals surface area contributed by atoms with Crippen LogP contribution in [-0.2, 0) is 16.1 Å². The molecule has 2 heterocycles. The summed E-state index contributed by atoms with van der Waals surface area (Å²) in [5.41, 5.74) is 3.27. The van der Waals surface area contributed by atoms with Gasteiger partial charge in [-0.2, -0.15) is 0 Å². The molecule has 2 aromatic heterocycles. The van der Waals surface area contributed by atoms with Crippen molar-refractivity contribution in [2.45, 2.75) is 6.61 Å². The first-order chi connectivity index (χ1) is 15.7. The van der Waals surface area contributed by atoms with Gasteiger partial charge < -0.3 is 18.6 Å². The Labute approximate surface area is 188 Å². The first kappa shape index (κ1) is 20.1. The Morgan fingerprint density at radius 1 is 0.969 bits per heavy atom. The maximum absolute atomic E-state index is 12.2. The third-order valence-electron chi connectivity index (χ3n) is 4.97. The van der Waals surface area contributed by atoms with Gasteiger partial charge >= 0.3 is 5.97 Å². The van der Waals surface area contributed by atoms with E-state index in [1.165, 1.54) is 11.3 Å². The van der Waals surface area contributed by atoms with Crippen LogP contribution < -0.4 is 9.47 Å². The molecule has 0 aliphatic rings. The van der Waals surface area contributed by atoms with Gasteiger partial charge in [-0.25, -0.2) is 9.78 Å². The van der Waals surface area contributed by atoms with E-state index in [0.717, 1.165) is 38.3 Å². The molecule has 0 aliphatic heterocycles. The molecule has 0 amide bonds. The number of nitrogens with zero attached hydrogens (tertiary/aromatic N) is 1. The van der Waals surface area contributed by atoms with Gasteiger partial charge in [0.1, 0.15) is 34.3 Å². The van der Waals surface area contributed by atoms with Gasteiger partial charge in [0, 0.05) is 21.7 Å². The molecule has 0 aliphatic carbocycles. The summed E-state index contributed by atoms with van der Waals surface area (Å²) in [6.45, 7) is -0.0863. The number of esters is 1. The summed E-state index contributed by atoms with van der Waals surface area (Å²) in [5.74, 6) is 0.914. The number of methoxy groups -OCH3 is 1. The Morgan fingerprint density at radius 2 is 1.75 bits per heavy atom. The molecule has 7 heteroatoms. The quantitative estimate of drug-likeness (QED) is 0.293. The molecule has 0 unspecified atom stereocenters. The van der Waals surface area contributed by atoms with Crippen molar-refractivity contribution < 1.29 is 23.4 Å². The highest BCUT2D eigenvalue weighted by Gasteiger charge is 2.11. The van der Waals surface area contributed by atoms with Gasteiger partial charge in [0.25, 0.3) is 0 Å². The number of rotatable bonds is 7. The summed E-state index contributed by atoms with van der Waals surface area (Å²) in [6, 6.07) is 21.0. The highest BCUT2D eigenvalue weighted by atomic mass is 32.1. The third kappa shape index (κ3) is 4.15. The number of carbonyl (C=O) groups excluding carboxylic acids is 1. The van der Waals surface area contributed by atoms with Crippen molar-refractivity contribution >= 4 is 39.2 Å². The summed E-state index contributed by atoms with van der Waals surface area (Å²) < 4.78 is 21.9. The normalized spacial score (nSPS) is 11.0. The molecule has 5 rings (SSSR count). The first-order valence-electron chi connectivity index (χ1n) is 9.98. The first-order valence-corrected chi connectivity index (χ1v) is 10.9. The number of hydrogen-bond donors (Lipinski definition) is 0. The maximum atomic E-state index is 12.2. The number of aromatic nitrogens is 1. The predicted molar refractivity (Wildman–Crippen MR) is 123 cm³/mol. The largest absolute Gasteiger partial charge is 0.497 e. The molecule has 0 spiro atoms. The lowest BCUT2D eigenvalue weighted by Crippen LogP contribution is -2.14. The molecule has 3 aromatic carbocycles. The van der Waals surface area contributed by atoms with Crippen LogP contribution in [-0.4, -0.2) is 24.7 Å². The smallest absolute Gasteiger partial charge is 0.344 e. The molecule has 0 fully saturated rings. The van der Waals surface area contributed by atoms with Crippen molar-refractivity contribution in [3.8, 4) is 22.1 Å². The Kier molecular flexibility index (Phi) is 5.47. The number of benzene rings is 3. The molecule has 160 valence electrons. The zero-order valence-electron chi connectivity index (χ0n) is 17.2. The summed E-state index contributed by atoms with van der Waals surface area (Å²) in [7, 11) is 1.63. The second-order valence-electron chi connectivity index (χ2n) is 7.08. The molecule has 0 saturated heterocycles. The minimum Gasteiger partial charge on any atom is -0.497 e. The van der Waals surface area contributed by atoms with E-state index in [1.807, 2.05) is 66.0 Å². The van der Waals surface area contributed by atoms with Gasteiger partial charge in [0.2, 0.25) is 0 Å². The van der Waals surface area contributed by atoms with Crippen LogP contribution in [0.25, 0.3) is 32.5 Å². The van der Waals surface area contributed by atoms with E-state index in [4.69, 9.17) is 18.6 Å². The van der Waals surface area contributed by atoms with Crippen molar-refractivity contribution in [2.24, 2.45) is 0 Å². The van der Waals surface area contributed by atoms with E-state index < -0.39 is 5.97 Å². The van der Waals surface area contributed by atoms with E-state index in [2.05, 4.69) is 4.98 Å². The summed E-state index contributed by atoms with van der Waals surface area (Å²) in [5, 5.41) is 4.69. The van der Waals surface area contributed by atoms with Crippen LogP contribution in [0.2, 0.25) is 0 Å². The van der Waals surface area contributed by atoms with Crippen LogP contribution in [0, 0.1) is 0 Å². The van der Waals surface area contributed by atoms with Gasteiger partial charge in [0.15, 0.2) is 6.61 Å². The van der Waals surface area contributed by atoms with E-state index in [-0.39, 0.29) is 13.2 Å². The zero-order valence-corrected chi connectivity index (χ0v) is 18.1. The molecular formula is C25H19NO5S. The van der Waals surface area contributed by atoms with Gasteiger partial charge in [-0.3, -0.25) is 0 Å². The maximum Gasteiger partial charge on any atom is 0.344 e. The van der Waals surface area contributed by atoms with Gasteiger partial charge in [-0.05, 0) is 48.5 Å². The molecule has 0 bridgehead atoms. The molecule has 0 N–H and O–H groups in total. The monoisotopic (exact) mass is 445 g/mol. The number of ether oxygens (including phenoxy) is 3. The fourth-order valence-electron chi connectivity index (χ4n) is 3.37. The zero-order chi connectivity index (χ0) is 21.9. The average Bonchev–Trinajstić information content (AvgIpc) is 3.46. The highest BCUT2D eigenvalue weighted by molar-refractivity contribution is 7.13. The number of para-hydroxylation sites is 1. The SMILES string of the molecule is COc1ccc(-c2nc(COC(=O)COc3ccc4oc5ccccc5c4c3)cs2)cc1. The number of thiazole rings is 1. The summed E-state index contributed by atoms with van der Waals surface area (Å²) >= 11 is 1.50. The van der Waals surface area contributed by atoms with Crippen molar-refractivity contribution in [1.29, 1.82) is 0 Å². The highest BCUT2D eigenvalue weighted by Crippen LogP contribution is 2.31. The van der Waals surface area contributed by atoms with Crippen LogP contribution in [0.1, 0.15) is 5.69 Å². The van der Waals surface area contributed by atoms with Crippen LogP contribution in [0.4, 0.5) is 0 Å². The average molecular weight is 445 g/mol. The Balaban J connectivity index is 1.18. The van der Waals surface area contributed by atoms with Crippen molar-refractivity contribution in [3.05, 3.63) is 77.8 Å². The summed E-state index contributed by atoms with van der Waals surface area (Å²) in [6.07, 6.45) is 0. The van der Waals surface area contributed by atoms with E-state index in [0.29, 0.717) is 11.4 Å². The topological polar surface area (TPSA) is 70.8 Å². The third-order valence-corrected chi connectivity index (χ3v) is 5.91. The second-order valence-corrected chi connectivity index (χ2v) is 7.94. The molecule has 0 saturated carbocycles. The minimum absolute atomic E-state index is 0.0975. The minimum atomic E-state index is -0.457. The Bertz CT molecular complexity index is 1390. The Morgan fingerprint density at radius 3 is 2.59 bits per heavy atom. The molecule has 5 aromatic rings. The lowest BCUT2D eigenvalue weighted by atomic mass is 10.1. The van der Waals surface area contributed by atoms with Gasteiger partial charge in [-0.1, -0.05) is 18.2 Å². The van der Waals surface area contributed by atoms with Crippen LogP contribution in [0.5, 0.6) is 11.5 Å². The standard InChI is InChI=1S/C25H19NO5S/c1-28-18-8-6-16(7-9-18)25-26-17(15-32-25)13-30-24(27)14-29-19-10-11-23-21(12-19)20-4-2-3-5-22(20)31-23/h2-12,15H,13-14H2,1H3. The van der Waals surface area contributed by atoms with Crippen molar-refractivity contribution in [2.75, 3.05) is 13.7 Å². The lowest BCUT2D eigenvalue weighted by Gasteiger charge is -2.06. The fourth-order valence-corrected chi connectivity index (χ4v) is 4.18. The van der Waals surface area contributed by atoms with Crippen LogP contribution in [0.3, 0.4) is 0 Å². The molecular weight excluding hydrogens is 426 g/mol. The van der Waals surface area contributed by atoms with E-state index in [1.54, 1.807) is 13.2 Å². The number of carbonyl (C=O) groups is 1. The molecule has 0 radical (unpaired) electrons. The summed E-state index contributed by atoms with van der Waals surface area (Å²) in [4.78, 5) is 16.7. The van der Waals surface area contributed by atoms with E-state index in [9.17, 15) is 4.79 Å². The Hall–Kier alpha value is -3.84. The predicted octanol–water partition coefficient (Wildman–Crippen LogP) is 5.84.